The van der Waals surface area contributed by atoms with E-state index in [0.29, 0.717) is 23.1 Å². The van der Waals surface area contributed by atoms with Crippen molar-refractivity contribution in [3.05, 3.63) is 70.9 Å². The van der Waals surface area contributed by atoms with Gasteiger partial charge in [0.15, 0.2) is 0 Å². The molecule has 1 aromatic carbocycles. The summed E-state index contributed by atoms with van der Waals surface area (Å²) < 4.78 is 19.0. The second-order valence-corrected chi connectivity index (χ2v) is 7.63. The van der Waals surface area contributed by atoms with Gasteiger partial charge in [0.05, 0.1) is 36.6 Å². The predicted molar refractivity (Wildman–Crippen MR) is 111 cm³/mol. The van der Waals surface area contributed by atoms with E-state index in [1.807, 2.05) is 0 Å². The number of allylic oxidation sites excluding steroid dienone is 2. The van der Waals surface area contributed by atoms with Crippen molar-refractivity contribution in [3.63, 3.8) is 0 Å². The first kappa shape index (κ1) is 20.7. The van der Waals surface area contributed by atoms with Gasteiger partial charge in [-0.15, -0.1) is 0 Å². The summed E-state index contributed by atoms with van der Waals surface area (Å²) in [6.45, 7) is 1.92. The lowest BCUT2D eigenvalue weighted by Gasteiger charge is -2.35. The maximum absolute atomic E-state index is 13.8. The van der Waals surface area contributed by atoms with E-state index < -0.39 is 18.1 Å². The zero-order chi connectivity index (χ0) is 21.1. The van der Waals surface area contributed by atoms with Crippen LogP contribution < -0.4 is 5.32 Å². The van der Waals surface area contributed by atoms with Gasteiger partial charge in [0.1, 0.15) is 12.0 Å². The molecule has 2 aliphatic rings. The van der Waals surface area contributed by atoms with Crippen LogP contribution >= 0.6 is 11.6 Å². The first-order chi connectivity index (χ1) is 14.5. The molecule has 3 heterocycles. The molecule has 0 spiro atoms. The van der Waals surface area contributed by atoms with Crippen LogP contribution in [-0.4, -0.2) is 57.7 Å². The molecular weight excluding hydrogens is 411 g/mol. The van der Waals surface area contributed by atoms with Crippen molar-refractivity contribution in [2.24, 2.45) is 5.92 Å². The number of hydrogen-bond acceptors (Lipinski definition) is 7. The number of halogens is 2. The number of aliphatic hydroxyl groups is 2. The molecule has 1 unspecified atom stereocenters. The van der Waals surface area contributed by atoms with Gasteiger partial charge in [0.2, 0.25) is 5.95 Å². The highest BCUT2D eigenvalue weighted by atomic mass is 35.5. The SMILES string of the molecule is OC[C@H](c1ccc(Cl)c(F)c1)N1C=CC(c2ccnc(NCC3COC3)n2)=CC1O. The fourth-order valence-electron chi connectivity index (χ4n) is 3.35. The smallest absolute Gasteiger partial charge is 0.223 e. The molecule has 2 aliphatic heterocycles. The van der Waals surface area contributed by atoms with Crippen molar-refractivity contribution in [1.82, 2.24) is 14.9 Å². The van der Waals surface area contributed by atoms with E-state index in [1.54, 1.807) is 41.6 Å². The van der Waals surface area contributed by atoms with Gasteiger partial charge in [-0.1, -0.05) is 17.7 Å². The summed E-state index contributed by atoms with van der Waals surface area (Å²) in [6.07, 6.45) is 5.70. The highest BCUT2D eigenvalue weighted by Crippen LogP contribution is 2.30. The van der Waals surface area contributed by atoms with Crippen LogP contribution in [0.3, 0.4) is 0 Å². The van der Waals surface area contributed by atoms with Crippen molar-refractivity contribution in [3.8, 4) is 0 Å². The van der Waals surface area contributed by atoms with E-state index in [1.165, 1.54) is 12.1 Å². The van der Waals surface area contributed by atoms with Gasteiger partial charge < -0.3 is 25.2 Å². The Morgan fingerprint density at radius 2 is 2.17 bits per heavy atom. The lowest BCUT2D eigenvalue weighted by Crippen LogP contribution is -2.36. The average Bonchev–Trinajstić information content (AvgIpc) is 2.71. The molecule has 158 valence electrons. The quantitative estimate of drug-likeness (QED) is 0.619. The molecule has 2 atom stereocenters. The van der Waals surface area contributed by atoms with E-state index in [0.717, 1.165) is 25.3 Å². The summed E-state index contributed by atoms with van der Waals surface area (Å²) >= 11 is 5.75. The van der Waals surface area contributed by atoms with Gasteiger partial charge >= 0.3 is 0 Å². The highest BCUT2D eigenvalue weighted by molar-refractivity contribution is 6.30. The first-order valence-corrected chi connectivity index (χ1v) is 9.99. The van der Waals surface area contributed by atoms with Crippen LogP contribution in [0.4, 0.5) is 10.3 Å². The summed E-state index contributed by atoms with van der Waals surface area (Å²) in [5, 5.41) is 23.7. The van der Waals surface area contributed by atoms with Gasteiger partial charge in [0, 0.05) is 30.4 Å². The van der Waals surface area contributed by atoms with Gasteiger partial charge in [-0.05, 0) is 35.9 Å². The zero-order valence-corrected chi connectivity index (χ0v) is 16.8. The number of anilines is 1. The lowest BCUT2D eigenvalue weighted by atomic mass is 10.0. The third-order valence-corrected chi connectivity index (χ3v) is 5.44. The van der Waals surface area contributed by atoms with Crippen LogP contribution in [0.1, 0.15) is 17.3 Å². The minimum atomic E-state index is -1.03. The van der Waals surface area contributed by atoms with Crippen LogP contribution in [0.2, 0.25) is 5.02 Å². The number of rotatable bonds is 7. The normalized spacial score (nSPS) is 19.9. The molecular formula is C21H22ClFN4O3. The minimum absolute atomic E-state index is 0.00497. The monoisotopic (exact) mass is 432 g/mol. The summed E-state index contributed by atoms with van der Waals surface area (Å²) in [6, 6.07) is 5.45. The van der Waals surface area contributed by atoms with Crippen LogP contribution in [0.25, 0.3) is 5.57 Å². The number of benzene rings is 1. The van der Waals surface area contributed by atoms with Crippen molar-refractivity contribution in [2.75, 3.05) is 31.7 Å². The van der Waals surface area contributed by atoms with Crippen molar-refractivity contribution in [1.29, 1.82) is 0 Å². The van der Waals surface area contributed by atoms with E-state index in [2.05, 4.69) is 15.3 Å². The number of hydrogen-bond donors (Lipinski definition) is 3. The number of aliphatic hydroxyl groups excluding tert-OH is 2. The molecule has 0 amide bonds. The maximum Gasteiger partial charge on any atom is 0.223 e. The third kappa shape index (κ3) is 4.46. The molecule has 1 saturated heterocycles. The Kier molecular flexibility index (Phi) is 6.29. The molecule has 2 aromatic rings. The molecule has 0 saturated carbocycles. The molecule has 0 radical (unpaired) electrons. The molecule has 1 fully saturated rings. The summed E-state index contributed by atoms with van der Waals surface area (Å²) in [5.41, 5.74) is 1.88. The number of nitrogens with zero attached hydrogens (tertiary/aromatic N) is 3. The van der Waals surface area contributed by atoms with Gasteiger partial charge in [0.25, 0.3) is 0 Å². The second kappa shape index (κ2) is 9.09. The average molecular weight is 433 g/mol. The Morgan fingerprint density at radius 1 is 1.33 bits per heavy atom. The minimum Gasteiger partial charge on any atom is -0.394 e. The standard InChI is InChI=1S/C21H22ClFN4O3/c22-16-2-1-15(7-17(16)23)19(10-28)27-6-4-14(8-20(27)29)18-3-5-24-21(26-18)25-9-13-11-30-12-13/h1-8,13,19-20,28-29H,9-12H2,(H,24,25,26)/t19-,20?/m1/s1. The summed E-state index contributed by atoms with van der Waals surface area (Å²) in [4.78, 5) is 10.3. The summed E-state index contributed by atoms with van der Waals surface area (Å²) in [5.74, 6) is 0.402. The van der Waals surface area contributed by atoms with Crippen molar-refractivity contribution in [2.45, 2.75) is 12.3 Å². The van der Waals surface area contributed by atoms with Crippen LogP contribution in [0.15, 0.2) is 48.8 Å². The molecule has 30 heavy (non-hydrogen) atoms. The fourth-order valence-corrected chi connectivity index (χ4v) is 3.47. The zero-order valence-electron chi connectivity index (χ0n) is 16.1. The maximum atomic E-state index is 13.8. The lowest BCUT2D eigenvalue weighted by molar-refractivity contribution is -0.0249. The fraction of sp³-hybridized carbons (Fsp3) is 0.333. The van der Waals surface area contributed by atoms with Gasteiger partial charge in [-0.3, -0.25) is 0 Å². The van der Waals surface area contributed by atoms with Gasteiger partial charge in [-0.2, -0.15) is 0 Å². The van der Waals surface area contributed by atoms with Gasteiger partial charge in [-0.25, -0.2) is 14.4 Å². The van der Waals surface area contributed by atoms with E-state index in [4.69, 9.17) is 16.3 Å². The predicted octanol–water partition coefficient (Wildman–Crippen LogP) is 2.59. The van der Waals surface area contributed by atoms with Crippen LogP contribution in [0.5, 0.6) is 0 Å². The molecule has 7 nitrogen and oxygen atoms in total. The van der Waals surface area contributed by atoms with Crippen molar-refractivity contribution >= 4 is 23.1 Å². The Hall–Kier alpha value is -2.52. The Bertz CT molecular complexity index is 967. The largest absolute Gasteiger partial charge is 0.394 e. The Morgan fingerprint density at radius 3 is 2.83 bits per heavy atom. The highest BCUT2D eigenvalue weighted by Gasteiger charge is 2.26. The molecule has 9 heteroatoms. The Balaban J connectivity index is 1.48. The third-order valence-electron chi connectivity index (χ3n) is 5.13. The second-order valence-electron chi connectivity index (χ2n) is 7.22. The molecule has 0 aliphatic carbocycles. The van der Waals surface area contributed by atoms with Crippen LogP contribution in [0, 0.1) is 11.7 Å². The number of nitrogens with one attached hydrogen (secondary N) is 1. The number of aromatic nitrogens is 2. The first-order valence-electron chi connectivity index (χ1n) is 9.61. The Labute approximate surface area is 178 Å². The molecule has 4 rings (SSSR count). The number of ether oxygens (including phenoxy) is 1. The summed E-state index contributed by atoms with van der Waals surface area (Å²) in [7, 11) is 0. The molecule has 0 bridgehead atoms. The van der Waals surface area contributed by atoms with E-state index >= 15 is 0 Å². The van der Waals surface area contributed by atoms with Crippen LogP contribution in [-0.2, 0) is 4.74 Å². The molecule has 1 aromatic heterocycles. The van der Waals surface area contributed by atoms with E-state index in [9.17, 15) is 14.6 Å². The topological polar surface area (TPSA) is 90.7 Å². The molecule has 3 N–H and O–H groups in total. The van der Waals surface area contributed by atoms with E-state index in [-0.39, 0.29) is 11.6 Å². The van der Waals surface area contributed by atoms with Crippen molar-refractivity contribution < 1.29 is 19.3 Å².